The molecule has 0 aromatic heterocycles. The minimum Gasteiger partial charge on any atom is -0.469 e. The Bertz CT molecular complexity index is 657. The Balaban J connectivity index is 1.78. The van der Waals surface area contributed by atoms with Crippen molar-refractivity contribution in [2.75, 3.05) is 13.7 Å². The second-order valence-electron chi connectivity index (χ2n) is 10.7. The average molecular weight is 393 g/mol. The summed E-state index contributed by atoms with van der Waals surface area (Å²) in [6.07, 6.45) is 7.14. The highest BCUT2D eigenvalue weighted by atomic mass is 16.7. The van der Waals surface area contributed by atoms with Gasteiger partial charge in [-0.1, -0.05) is 27.2 Å². The second kappa shape index (κ2) is 6.72. The van der Waals surface area contributed by atoms with E-state index in [4.69, 9.17) is 14.2 Å². The highest BCUT2D eigenvalue weighted by molar-refractivity contribution is 5.73. The predicted octanol–water partition coefficient (Wildman–Crippen LogP) is 4.33. The van der Waals surface area contributed by atoms with Crippen molar-refractivity contribution in [3.63, 3.8) is 0 Å². The third-order valence-electron chi connectivity index (χ3n) is 9.17. The molecule has 4 fully saturated rings. The fourth-order valence-corrected chi connectivity index (χ4v) is 8.25. The summed E-state index contributed by atoms with van der Waals surface area (Å²) >= 11 is 0. The lowest BCUT2D eigenvalue weighted by Gasteiger charge is -2.65. The van der Waals surface area contributed by atoms with Crippen molar-refractivity contribution in [2.24, 2.45) is 39.9 Å². The standard InChI is InChI=1S/C23H36O5/c1-14(24)28-20-23-12-9-17-21(2,3)10-6-11-22(17,4)18(23)8-7-15(19(25)26-5)16(23)13-27-20/h15-18,20H,6-13H2,1-5H3/t15-,16-,17+,18-,20-,22+,23-/m1/s1. The van der Waals surface area contributed by atoms with E-state index < -0.39 is 6.29 Å². The molecule has 0 aromatic carbocycles. The Morgan fingerprint density at radius 2 is 1.75 bits per heavy atom. The third-order valence-corrected chi connectivity index (χ3v) is 9.17. The summed E-state index contributed by atoms with van der Waals surface area (Å²) in [6.45, 7) is 9.28. The van der Waals surface area contributed by atoms with Gasteiger partial charge in [-0.25, -0.2) is 0 Å². The zero-order valence-corrected chi connectivity index (χ0v) is 18.1. The van der Waals surface area contributed by atoms with Crippen LogP contribution in [-0.2, 0) is 23.8 Å². The summed E-state index contributed by atoms with van der Waals surface area (Å²) in [5, 5.41) is 0. The number of ether oxygens (including phenoxy) is 3. The summed E-state index contributed by atoms with van der Waals surface area (Å²) < 4.78 is 17.0. The van der Waals surface area contributed by atoms with E-state index >= 15 is 0 Å². The number of carbonyl (C=O) groups is 2. The lowest BCUT2D eigenvalue weighted by Crippen LogP contribution is -2.63. The van der Waals surface area contributed by atoms with E-state index in [2.05, 4.69) is 20.8 Å². The van der Waals surface area contributed by atoms with Gasteiger partial charge in [-0.15, -0.1) is 0 Å². The molecule has 5 heteroatoms. The van der Waals surface area contributed by atoms with Crippen LogP contribution in [0.3, 0.4) is 0 Å². The molecular formula is C23H36O5. The fraction of sp³-hybridized carbons (Fsp3) is 0.913. The van der Waals surface area contributed by atoms with Crippen LogP contribution in [0, 0.1) is 39.9 Å². The largest absolute Gasteiger partial charge is 0.469 e. The van der Waals surface area contributed by atoms with E-state index in [0.29, 0.717) is 23.9 Å². The van der Waals surface area contributed by atoms with Crippen molar-refractivity contribution in [3.8, 4) is 0 Å². The van der Waals surface area contributed by atoms with Gasteiger partial charge in [0.15, 0.2) is 0 Å². The molecular weight excluding hydrogens is 356 g/mol. The predicted molar refractivity (Wildman–Crippen MR) is 104 cm³/mol. The normalized spacial score (nSPS) is 46.7. The van der Waals surface area contributed by atoms with Crippen molar-refractivity contribution in [2.45, 2.75) is 78.9 Å². The first kappa shape index (κ1) is 20.2. The molecule has 28 heavy (non-hydrogen) atoms. The molecule has 3 saturated carbocycles. The lowest BCUT2D eigenvalue weighted by molar-refractivity contribution is -0.240. The minimum atomic E-state index is -0.532. The summed E-state index contributed by atoms with van der Waals surface area (Å²) in [5.41, 5.74) is 0.270. The average Bonchev–Trinajstić information content (AvgIpc) is 2.97. The number of carbonyl (C=O) groups excluding carboxylic acids is 2. The number of rotatable bonds is 2. The summed E-state index contributed by atoms with van der Waals surface area (Å²) in [5.74, 6) is 0.570. The molecule has 1 heterocycles. The third kappa shape index (κ3) is 2.68. The van der Waals surface area contributed by atoms with Crippen LogP contribution in [0.2, 0.25) is 0 Å². The van der Waals surface area contributed by atoms with E-state index in [1.807, 2.05) is 0 Å². The van der Waals surface area contributed by atoms with Crippen LogP contribution < -0.4 is 0 Å². The number of esters is 2. The molecule has 0 N–H and O–H groups in total. The molecule has 1 aliphatic heterocycles. The number of methoxy groups -OCH3 is 1. The minimum absolute atomic E-state index is 0.0749. The van der Waals surface area contributed by atoms with Gasteiger partial charge in [-0.05, 0) is 61.2 Å². The van der Waals surface area contributed by atoms with Crippen LogP contribution >= 0.6 is 0 Å². The van der Waals surface area contributed by atoms with Crippen LogP contribution in [0.15, 0.2) is 0 Å². The van der Waals surface area contributed by atoms with Crippen molar-refractivity contribution >= 4 is 11.9 Å². The monoisotopic (exact) mass is 392 g/mol. The zero-order chi connectivity index (χ0) is 20.3. The van der Waals surface area contributed by atoms with Crippen molar-refractivity contribution in [3.05, 3.63) is 0 Å². The van der Waals surface area contributed by atoms with Crippen LogP contribution in [-0.4, -0.2) is 31.9 Å². The number of fused-ring (bicyclic) bond motifs is 2. The maximum absolute atomic E-state index is 12.6. The van der Waals surface area contributed by atoms with E-state index in [0.717, 1.165) is 25.7 Å². The highest BCUT2D eigenvalue weighted by Gasteiger charge is 2.70. The Labute approximate surface area is 168 Å². The molecule has 3 aliphatic carbocycles. The second-order valence-corrected chi connectivity index (χ2v) is 10.7. The van der Waals surface area contributed by atoms with Gasteiger partial charge in [-0.2, -0.15) is 0 Å². The summed E-state index contributed by atoms with van der Waals surface area (Å²) in [4.78, 5) is 24.5. The van der Waals surface area contributed by atoms with Gasteiger partial charge in [0.05, 0.1) is 19.6 Å². The molecule has 4 aliphatic rings. The first-order chi connectivity index (χ1) is 13.2. The van der Waals surface area contributed by atoms with Gasteiger partial charge in [0.1, 0.15) is 0 Å². The molecule has 1 spiro atoms. The maximum Gasteiger partial charge on any atom is 0.309 e. The fourth-order valence-electron chi connectivity index (χ4n) is 8.25. The summed E-state index contributed by atoms with van der Waals surface area (Å²) in [6, 6.07) is 0. The maximum atomic E-state index is 12.6. The van der Waals surface area contributed by atoms with Crippen LogP contribution in [0.5, 0.6) is 0 Å². The molecule has 0 unspecified atom stereocenters. The molecule has 4 rings (SSSR count). The SMILES string of the molecule is COC(=O)[C@@H]1CC[C@@H]2[C@@]3(C)CCCC(C)(C)[C@@H]3CC[C@]23[C@@H](OC(C)=O)OC[C@H]13. The highest BCUT2D eigenvalue weighted by Crippen LogP contribution is 2.71. The van der Waals surface area contributed by atoms with E-state index in [1.54, 1.807) is 0 Å². The van der Waals surface area contributed by atoms with E-state index in [9.17, 15) is 9.59 Å². The van der Waals surface area contributed by atoms with Gasteiger partial charge < -0.3 is 14.2 Å². The molecule has 1 saturated heterocycles. The summed E-state index contributed by atoms with van der Waals surface area (Å²) in [7, 11) is 1.47. The Hall–Kier alpha value is -1.10. The van der Waals surface area contributed by atoms with Crippen molar-refractivity contribution < 1.29 is 23.8 Å². The Morgan fingerprint density at radius 1 is 1.00 bits per heavy atom. The van der Waals surface area contributed by atoms with Gasteiger partial charge in [-0.3, -0.25) is 9.59 Å². The Morgan fingerprint density at radius 3 is 2.43 bits per heavy atom. The van der Waals surface area contributed by atoms with Crippen molar-refractivity contribution in [1.82, 2.24) is 0 Å². The molecule has 158 valence electrons. The smallest absolute Gasteiger partial charge is 0.309 e. The number of hydrogen-bond donors (Lipinski definition) is 0. The molecule has 0 radical (unpaired) electrons. The van der Waals surface area contributed by atoms with Gasteiger partial charge in [0.2, 0.25) is 6.29 Å². The number of hydrogen-bond acceptors (Lipinski definition) is 5. The molecule has 0 bridgehead atoms. The van der Waals surface area contributed by atoms with E-state index in [-0.39, 0.29) is 34.6 Å². The molecule has 5 nitrogen and oxygen atoms in total. The molecule has 0 amide bonds. The van der Waals surface area contributed by atoms with Gasteiger partial charge in [0, 0.05) is 18.3 Å². The Kier molecular flexibility index (Phi) is 4.84. The quantitative estimate of drug-likeness (QED) is 0.655. The first-order valence-corrected chi connectivity index (χ1v) is 11.0. The van der Waals surface area contributed by atoms with Crippen LogP contribution in [0.4, 0.5) is 0 Å². The lowest BCUT2D eigenvalue weighted by atomic mass is 9.38. The van der Waals surface area contributed by atoms with Gasteiger partial charge >= 0.3 is 11.9 Å². The zero-order valence-electron chi connectivity index (χ0n) is 18.1. The molecule has 7 atom stereocenters. The van der Waals surface area contributed by atoms with E-state index in [1.165, 1.54) is 33.3 Å². The topological polar surface area (TPSA) is 61.8 Å². The van der Waals surface area contributed by atoms with Gasteiger partial charge in [0.25, 0.3) is 0 Å². The molecule has 0 aromatic rings. The van der Waals surface area contributed by atoms with Crippen LogP contribution in [0.25, 0.3) is 0 Å². The first-order valence-electron chi connectivity index (χ1n) is 11.0. The van der Waals surface area contributed by atoms with Crippen LogP contribution in [0.1, 0.15) is 72.6 Å². The van der Waals surface area contributed by atoms with Crippen molar-refractivity contribution in [1.29, 1.82) is 0 Å².